The van der Waals surface area contributed by atoms with Crippen LogP contribution in [0.3, 0.4) is 0 Å². The van der Waals surface area contributed by atoms with Crippen molar-refractivity contribution in [3.63, 3.8) is 0 Å². The van der Waals surface area contributed by atoms with Gasteiger partial charge >= 0.3 is 0 Å². The minimum Gasteiger partial charge on any atom is -0.487 e. The Morgan fingerprint density at radius 2 is 1.95 bits per heavy atom. The van der Waals surface area contributed by atoms with Gasteiger partial charge < -0.3 is 10.5 Å². The molecule has 0 radical (unpaired) electrons. The lowest BCUT2D eigenvalue weighted by molar-refractivity contribution is 0.299. The number of hydrogen-bond donors (Lipinski definition) is 1. The molecule has 2 nitrogen and oxygen atoms in total. The van der Waals surface area contributed by atoms with Gasteiger partial charge in [-0.25, -0.2) is 8.78 Å². The summed E-state index contributed by atoms with van der Waals surface area (Å²) in [6.45, 7) is -0.129. The topological polar surface area (TPSA) is 35.2 Å². The Morgan fingerprint density at radius 1 is 1.20 bits per heavy atom. The fraction of sp³-hybridized carbons (Fsp3) is 0.0714. The summed E-state index contributed by atoms with van der Waals surface area (Å²) in [6.07, 6.45) is 0. The van der Waals surface area contributed by atoms with Crippen LogP contribution in [0, 0.1) is 11.6 Å². The summed E-state index contributed by atoms with van der Waals surface area (Å²) in [4.78, 5) is 0.217. The average molecular weight is 314 g/mol. The molecule has 6 heteroatoms. The molecule has 0 aromatic heterocycles. The zero-order valence-electron chi connectivity index (χ0n) is 10.2. The summed E-state index contributed by atoms with van der Waals surface area (Å²) in [5, 5.41) is 0.298. The molecule has 0 atom stereocenters. The Kier molecular flexibility index (Phi) is 4.52. The molecule has 0 saturated carbocycles. The SMILES string of the molecule is NC(=S)c1ccc(OCc2cc(F)ccc2F)c(Cl)c1. The van der Waals surface area contributed by atoms with Gasteiger partial charge in [0.05, 0.1) is 5.02 Å². The molecular weight excluding hydrogens is 304 g/mol. The van der Waals surface area contributed by atoms with E-state index in [9.17, 15) is 8.78 Å². The van der Waals surface area contributed by atoms with Gasteiger partial charge in [-0.1, -0.05) is 23.8 Å². The molecule has 0 heterocycles. The van der Waals surface area contributed by atoms with Crippen LogP contribution in [-0.4, -0.2) is 4.99 Å². The number of thiocarbonyl (C=S) groups is 1. The number of rotatable bonds is 4. The highest BCUT2D eigenvalue weighted by atomic mass is 35.5. The summed E-state index contributed by atoms with van der Waals surface area (Å²) >= 11 is 10.8. The van der Waals surface area contributed by atoms with Gasteiger partial charge in [0.1, 0.15) is 29.0 Å². The lowest BCUT2D eigenvalue weighted by Gasteiger charge is -2.10. The van der Waals surface area contributed by atoms with Crippen molar-refractivity contribution in [1.82, 2.24) is 0 Å². The molecule has 2 rings (SSSR count). The largest absolute Gasteiger partial charge is 0.487 e. The highest BCUT2D eigenvalue weighted by Gasteiger charge is 2.08. The maximum atomic E-state index is 13.4. The van der Waals surface area contributed by atoms with E-state index in [0.717, 1.165) is 18.2 Å². The first-order chi connectivity index (χ1) is 9.47. The van der Waals surface area contributed by atoms with Crippen molar-refractivity contribution in [2.24, 2.45) is 5.73 Å². The lowest BCUT2D eigenvalue weighted by Crippen LogP contribution is -2.09. The Balaban J connectivity index is 2.15. The van der Waals surface area contributed by atoms with E-state index < -0.39 is 11.6 Å². The summed E-state index contributed by atoms with van der Waals surface area (Å²) in [5.74, 6) is -0.725. The Labute approximate surface area is 125 Å². The molecule has 0 amide bonds. The van der Waals surface area contributed by atoms with Gasteiger partial charge in [-0.05, 0) is 36.4 Å². The number of benzene rings is 2. The molecule has 0 fully saturated rings. The molecule has 2 aromatic rings. The zero-order valence-corrected chi connectivity index (χ0v) is 11.8. The molecule has 0 spiro atoms. The van der Waals surface area contributed by atoms with E-state index in [4.69, 9.17) is 34.3 Å². The number of nitrogens with two attached hydrogens (primary N) is 1. The maximum Gasteiger partial charge on any atom is 0.138 e. The standard InChI is InChI=1S/C14H10ClF2NOS/c15-11-6-8(14(18)20)1-4-13(11)19-7-9-5-10(16)2-3-12(9)17/h1-6H,7H2,(H2,18,20). The zero-order chi connectivity index (χ0) is 14.7. The van der Waals surface area contributed by atoms with Crippen molar-refractivity contribution in [3.05, 3.63) is 64.2 Å². The van der Waals surface area contributed by atoms with E-state index in [0.29, 0.717) is 16.3 Å². The van der Waals surface area contributed by atoms with Crippen molar-refractivity contribution >= 4 is 28.8 Å². The van der Waals surface area contributed by atoms with Crippen LogP contribution in [-0.2, 0) is 6.61 Å². The van der Waals surface area contributed by atoms with Gasteiger partial charge in [-0.15, -0.1) is 0 Å². The maximum absolute atomic E-state index is 13.4. The van der Waals surface area contributed by atoms with Gasteiger partial charge in [0.15, 0.2) is 0 Å². The summed E-state index contributed by atoms with van der Waals surface area (Å²) in [6, 6.07) is 7.95. The quantitative estimate of drug-likeness (QED) is 0.871. The minimum atomic E-state index is -0.540. The van der Waals surface area contributed by atoms with Crippen LogP contribution in [0.4, 0.5) is 8.78 Å². The molecule has 0 unspecified atom stereocenters. The summed E-state index contributed by atoms with van der Waals surface area (Å²) in [7, 11) is 0. The van der Waals surface area contributed by atoms with Crippen LogP contribution in [0.25, 0.3) is 0 Å². The van der Waals surface area contributed by atoms with Crippen LogP contribution in [0.2, 0.25) is 5.02 Å². The summed E-state index contributed by atoms with van der Waals surface area (Å²) in [5.41, 5.74) is 6.19. The molecule has 2 aromatic carbocycles. The van der Waals surface area contributed by atoms with E-state index in [1.807, 2.05) is 0 Å². The fourth-order valence-corrected chi connectivity index (χ4v) is 1.94. The van der Waals surface area contributed by atoms with Gasteiger partial charge in [0.2, 0.25) is 0 Å². The monoisotopic (exact) mass is 313 g/mol. The minimum absolute atomic E-state index is 0.111. The molecule has 2 N–H and O–H groups in total. The molecule has 0 aliphatic heterocycles. The molecular formula is C14H10ClF2NOS. The third-order valence-corrected chi connectivity index (χ3v) is 3.14. The second-order valence-electron chi connectivity index (χ2n) is 4.03. The van der Waals surface area contributed by atoms with Crippen LogP contribution in [0.15, 0.2) is 36.4 Å². The van der Waals surface area contributed by atoms with E-state index >= 15 is 0 Å². The van der Waals surface area contributed by atoms with Crippen molar-refractivity contribution in [3.8, 4) is 5.75 Å². The average Bonchev–Trinajstić information content (AvgIpc) is 2.40. The third-order valence-electron chi connectivity index (χ3n) is 2.61. The first kappa shape index (κ1) is 14.7. The summed E-state index contributed by atoms with van der Waals surface area (Å²) < 4.78 is 31.8. The molecule has 0 aliphatic carbocycles. The Bertz CT molecular complexity index is 664. The Morgan fingerprint density at radius 3 is 2.60 bits per heavy atom. The van der Waals surface area contributed by atoms with E-state index in [1.54, 1.807) is 18.2 Å². The van der Waals surface area contributed by atoms with Crippen molar-refractivity contribution < 1.29 is 13.5 Å². The van der Waals surface area contributed by atoms with Gasteiger partial charge in [0.25, 0.3) is 0 Å². The predicted molar refractivity (Wildman–Crippen MR) is 78.0 cm³/mol. The van der Waals surface area contributed by atoms with Gasteiger partial charge in [-0.2, -0.15) is 0 Å². The smallest absolute Gasteiger partial charge is 0.138 e. The van der Waals surface area contributed by atoms with E-state index in [1.165, 1.54) is 0 Å². The number of ether oxygens (including phenoxy) is 1. The Hall–Kier alpha value is -1.72. The second kappa shape index (κ2) is 6.15. The van der Waals surface area contributed by atoms with Crippen molar-refractivity contribution in [2.45, 2.75) is 6.61 Å². The highest BCUT2D eigenvalue weighted by Crippen LogP contribution is 2.26. The molecule has 104 valence electrons. The molecule has 0 bridgehead atoms. The van der Waals surface area contributed by atoms with Crippen molar-refractivity contribution in [1.29, 1.82) is 0 Å². The van der Waals surface area contributed by atoms with Crippen molar-refractivity contribution in [2.75, 3.05) is 0 Å². The van der Waals surface area contributed by atoms with E-state index in [2.05, 4.69) is 0 Å². The number of hydrogen-bond acceptors (Lipinski definition) is 2. The fourth-order valence-electron chi connectivity index (χ4n) is 1.58. The molecule has 0 aliphatic rings. The van der Waals surface area contributed by atoms with Crippen LogP contribution in [0.5, 0.6) is 5.75 Å². The first-order valence-electron chi connectivity index (χ1n) is 5.63. The highest BCUT2D eigenvalue weighted by molar-refractivity contribution is 7.80. The second-order valence-corrected chi connectivity index (χ2v) is 4.88. The van der Waals surface area contributed by atoms with Crippen LogP contribution >= 0.6 is 23.8 Å². The van der Waals surface area contributed by atoms with Gasteiger partial charge in [0, 0.05) is 11.1 Å². The van der Waals surface area contributed by atoms with Gasteiger partial charge in [-0.3, -0.25) is 0 Å². The normalized spacial score (nSPS) is 10.3. The third kappa shape index (κ3) is 3.43. The van der Waals surface area contributed by atoms with Crippen LogP contribution < -0.4 is 10.5 Å². The lowest BCUT2D eigenvalue weighted by atomic mass is 10.2. The van der Waals surface area contributed by atoms with E-state index in [-0.39, 0.29) is 17.2 Å². The molecule has 20 heavy (non-hydrogen) atoms. The first-order valence-corrected chi connectivity index (χ1v) is 6.42. The molecule has 0 saturated heterocycles. The predicted octanol–water partition coefficient (Wildman–Crippen LogP) is 3.83. The van der Waals surface area contributed by atoms with Crippen LogP contribution in [0.1, 0.15) is 11.1 Å². The number of halogens is 3.